The van der Waals surface area contributed by atoms with Crippen molar-refractivity contribution in [3.8, 4) is 0 Å². The molecule has 0 radical (unpaired) electrons. The molecule has 1 aromatic heterocycles. The average molecular weight is 329 g/mol. The molecule has 1 aliphatic rings. The van der Waals surface area contributed by atoms with E-state index < -0.39 is 25.9 Å². The number of hydrogen-bond donors (Lipinski definition) is 1. The van der Waals surface area contributed by atoms with E-state index in [1.54, 1.807) is 18.2 Å². The Morgan fingerprint density at radius 3 is 2.81 bits per heavy atom. The minimum atomic E-state index is -3.81. The molecule has 0 spiro atoms. The fourth-order valence-corrected chi connectivity index (χ4v) is 5.75. The third-order valence-electron chi connectivity index (χ3n) is 3.52. The van der Waals surface area contributed by atoms with Crippen molar-refractivity contribution in [1.82, 2.24) is 4.72 Å². The zero-order valence-corrected chi connectivity index (χ0v) is 12.8. The number of fused-ring (bicyclic) bond motifs is 1. The van der Waals surface area contributed by atoms with Gasteiger partial charge in [0.1, 0.15) is 4.90 Å². The van der Waals surface area contributed by atoms with Crippen LogP contribution in [0.5, 0.6) is 0 Å². The van der Waals surface area contributed by atoms with E-state index in [0.29, 0.717) is 18.2 Å². The molecule has 1 aliphatic heterocycles. The fourth-order valence-electron chi connectivity index (χ4n) is 2.58. The fraction of sp³-hybridized carbons (Fsp3) is 0.385. The lowest BCUT2D eigenvalue weighted by Gasteiger charge is -2.22. The molecule has 0 bridgehead atoms. The molecule has 2 heterocycles. The number of benzene rings is 1. The topological polar surface area (TPSA) is 93.5 Å². The van der Waals surface area contributed by atoms with E-state index in [4.69, 9.17) is 4.42 Å². The van der Waals surface area contributed by atoms with E-state index in [2.05, 4.69) is 4.72 Å². The summed E-state index contributed by atoms with van der Waals surface area (Å²) in [6.45, 7) is 0. The van der Waals surface area contributed by atoms with Crippen LogP contribution in [0.15, 0.2) is 39.8 Å². The Morgan fingerprint density at radius 2 is 2.05 bits per heavy atom. The summed E-state index contributed by atoms with van der Waals surface area (Å²) in [7, 11) is -6.98. The second kappa shape index (κ2) is 5.11. The van der Waals surface area contributed by atoms with Crippen molar-refractivity contribution in [2.75, 3.05) is 11.5 Å². The highest BCUT2D eigenvalue weighted by atomic mass is 32.2. The lowest BCUT2D eigenvalue weighted by molar-refractivity contribution is 0.516. The van der Waals surface area contributed by atoms with Gasteiger partial charge in [0, 0.05) is 11.4 Å². The van der Waals surface area contributed by atoms with Crippen LogP contribution in [0.1, 0.15) is 12.8 Å². The smallest absolute Gasteiger partial charge is 0.244 e. The predicted octanol–water partition coefficient (Wildman–Crippen LogP) is 1.29. The predicted molar refractivity (Wildman–Crippen MR) is 78.2 cm³/mol. The summed E-state index contributed by atoms with van der Waals surface area (Å²) in [4.78, 5) is 0.0352. The standard InChI is InChI=1S/C13H15NO5S2/c15-20(16)8-2-4-11(9-20)14-21(17,18)12-5-1-3-10-6-7-19-13(10)12/h1,3,5-7,11,14H,2,4,8-9H2. The van der Waals surface area contributed by atoms with E-state index in [0.717, 1.165) is 0 Å². The SMILES string of the molecule is O=S1(=O)CCCC(NS(=O)(=O)c2cccc3ccoc23)C1. The summed E-state index contributed by atoms with van der Waals surface area (Å²) in [5, 5.41) is 0.689. The monoisotopic (exact) mass is 329 g/mol. The van der Waals surface area contributed by atoms with Gasteiger partial charge >= 0.3 is 0 Å². The Balaban J connectivity index is 1.92. The van der Waals surface area contributed by atoms with E-state index in [1.165, 1.54) is 12.3 Å². The maximum atomic E-state index is 12.5. The van der Waals surface area contributed by atoms with Crippen molar-refractivity contribution in [2.45, 2.75) is 23.8 Å². The number of sulfone groups is 1. The van der Waals surface area contributed by atoms with E-state index in [-0.39, 0.29) is 22.0 Å². The lowest BCUT2D eigenvalue weighted by Crippen LogP contribution is -2.43. The summed E-state index contributed by atoms with van der Waals surface area (Å²) in [5.74, 6) is -0.0284. The van der Waals surface area contributed by atoms with E-state index in [9.17, 15) is 16.8 Å². The minimum absolute atomic E-state index is 0.0352. The van der Waals surface area contributed by atoms with Crippen LogP contribution in [0.4, 0.5) is 0 Å². The van der Waals surface area contributed by atoms with Crippen molar-refractivity contribution in [2.24, 2.45) is 0 Å². The molecular formula is C13H15NO5S2. The van der Waals surface area contributed by atoms with Gasteiger partial charge in [0.25, 0.3) is 0 Å². The van der Waals surface area contributed by atoms with Crippen LogP contribution in [-0.4, -0.2) is 34.4 Å². The number of hydrogen-bond acceptors (Lipinski definition) is 5. The zero-order valence-electron chi connectivity index (χ0n) is 11.2. The van der Waals surface area contributed by atoms with E-state index >= 15 is 0 Å². The zero-order chi connectivity index (χ0) is 15.1. The van der Waals surface area contributed by atoms with Gasteiger partial charge in [-0.05, 0) is 25.0 Å². The second-order valence-corrected chi connectivity index (χ2v) is 9.08. The number of para-hydroxylation sites is 1. The third-order valence-corrected chi connectivity index (χ3v) is 6.88. The molecule has 0 saturated carbocycles. The molecule has 2 aromatic rings. The van der Waals surface area contributed by atoms with Crippen LogP contribution in [0, 0.1) is 0 Å². The van der Waals surface area contributed by atoms with Crippen LogP contribution >= 0.6 is 0 Å². The van der Waals surface area contributed by atoms with Crippen molar-refractivity contribution < 1.29 is 21.3 Å². The molecule has 3 rings (SSSR count). The van der Waals surface area contributed by atoms with Crippen molar-refractivity contribution in [1.29, 1.82) is 0 Å². The first-order chi connectivity index (χ1) is 9.87. The quantitative estimate of drug-likeness (QED) is 0.916. The lowest BCUT2D eigenvalue weighted by atomic mass is 10.2. The molecule has 114 valence electrons. The van der Waals surface area contributed by atoms with Gasteiger partial charge in [-0.1, -0.05) is 12.1 Å². The van der Waals surface area contributed by atoms with Crippen LogP contribution in [0.2, 0.25) is 0 Å². The van der Waals surface area contributed by atoms with Gasteiger partial charge in [0.15, 0.2) is 15.4 Å². The first kappa shape index (κ1) is 14.6. The molecule has 1 atom stereocenters. The van der Waals surface area contributed by atoms with E-state index in [1.807, 2.05) is 0 Å². The molecule has 0 aliphatic carbocycles. The Labute approximate surface area is 123 Å². The summed E-state index contributed by atoms with van der Waals surface area (Å²) >= 11 is 0. The highest BCUT2D eigenvalue weighted by molar-refractivity contribution is 7.91. The number of furan rings is 1. The molecular weight excluding hydrogens is 314 g/mol. The molecule has 1 N–H and O–H groups in total. The maximum absolute atomic E-state index is 12.5. The molecule has 21 heavy (non-hydrogen) atoms. The van der Waals surface area contributed by atoms with Crippen molar-refractivity contribution in [3.05, 3.63) is 30.5 Å². The van der Waals surface area contributed by atoms with Gasteiger partial charge in [-0.2, -0.15) is 0 Å². The average Bonchev–Trinajstić information content (AvgIpc) is 2.84. The Kier molecular flexibility index (Phi) is 3.54. The largest absolute Gasteiger partial charge is 0.463 e. The van der Waals surface area contributed by atoms with Crippen LogP contribution in [-0.2, 0) is 19.9 Å². The molecule has 6 nitrogen and oxygen atoms in total. The molecule has 8 heteroatoms. The van der Waals surface area contributed by atoms with Crippen LogP contribution in [0.3, 0.4) is 0 Å². The van der Waals surface area contributed by atoms with Gasteiger partial charge in [0.05, 0.1) is 17.8 Å². The second-order valence-electron chi connectivity index (χ2n) is 5.17. The summed E-state index contributed by atoms with van der Waals surface area (Å²) < 4.78 is 55.8. The number of sulfonamides is 1. The normalized spacial score (nSPS) is 22.4. The molecule has 1 unspecified atom stereocenters. The molecule has 1 fully saturated rings. The van der Waals surface area contributed by atoms with Crippen molar-refractivity contribution in [3.63, 3.8) is 0 Å². The molecule has 0 amide bonds. The highest BCUT2D eigenvalue weighted by Crippen LogP contribution is 2.24. The number of rotatable bonds is 3. The Hall–Kier alpha value is -1.38. The summed E-state index contributed by atoms with van der Waals surface area (Å²) in [6, 6.07) is 5.93. The third kappa shape index (κ3) is 2.97. The van der Waals surface area contributed by atoms with Crippen LogP contribution in [0.25, 0.3) is 11.0 Å². The van der Waals surface area contributed by atoms with Gasteiger partial charge in [0.2, 0.25) is 10.0 Å². The van der Waals surface area contributed by atoms with Crippen LogP contribution < -0.4 is 4.72 Å². The van der Waals surface area contributed by atoms with Gasteiger partial charge in [-0.15, -0.1) is 0 Å². The highest BCUT2D eigenvalue weighted by Gasteiger charge is 2.29. The molecule has 1 aromatic carbocycles. The summed E-state index contributed by atoms with van der Waals surface area (Å²) in [5.41, 5.74) is 0.281. The summed E-state index contributed by atoms with van der Waals surface area (Å²) in [6.07, 6.45) is 2.42. The van der Waals surface area contributed by atoms with Gasteiger partial charge in [-0.25, -0.2) is 21.6 Å². The maximum Gasteiger partial charge on any atom is 0.244 e. The first-order valence-corrected chi connectivity index (χ1v) is 9.87. The molecule has 1 saturated heterocycles. The van der Waals surface area contributed by atoms with Crippen molar-refractivity contribution >= 4 is 30.8 Å². The Bertz CT molecular complexity index is 867. The first-order valence-electron chi connectivity index (χ1n) is 6.56. The van der Waals surface area contributed by atoms with Gasteiger partial charge < -0.3 is 4.42 Å². The minimum Gasteiger partial charge on any atom is -0.463 e. The Morgan fingerprint density at radius 1 is 1.24 bits per heavy atom. The van der Waals surface area contributed by atoms with Gasteiger partial charge in [-0.3, -0.25) is 0 Å². The number of nitrogens with one attached hydrogen (secondary N) is 1.